The second kappa shape index (κ2) is 11.6. The van der Waals surface area contributed by atoms with Gasteiger partial charge in [-0.25, -0.2) is 4.98 Å². The van der Waals surface area contributed by atoms with Crippen LogP contribution in [0.15, 0.2) is 109 Å². The number of hydrogen-bond acceptors (Lipinski definition) is 3. The summed E-state index contributed by atoms with van der Waals surface area (Å²) in [6, 6.07) is 41.2. The predicted molar refractivity (Wildman–Crippen MR) is 188 cm³/mol. The van der Waals surface area contributed by atoms with Crippen LogP contribution in [-0.2, 0) is 52.2 Å². The number of hydrogen-bond donors (Lipinski definition) is 0. The van der Waals surface area contributed by atoms with E-state index >= 15 is 0 Å². The quantitative estimate of drug-likeness (QED) is 0.167. The van der Waals surface area contributed by atoms with Crippen molar-refractivity contribution in [3.05, 3.63) is 149 Å². The third-order valence-electron chi connectivity index (χ3n) is 10.1. The van der Waals surface area contributed by atoms with E-state index in [1.807, 2.05) is 24.4 Å². The van der Waals surface area contributed by atoms with Gasteiger partial charge >= 0.3 is 21.1 Å². The maximum absolute atomic E-state index is 6.45. The molecule has 0 atom stereocenters. The van der Waals surface area contributed by atoms with Crippen LogP contribution in [0.4, 0.5) is 0 Å². The first kappa shape index (κ1) is 30.8. The zero-order chi connectivity index (χ0) is 31.8. The summed E-state index contributed by atoms with van der Waals surface area (Å²) in [5.74, 6) is 2.14. The molecule has 7 aromatic rings. The number of benzene rings is 4. The number of ether oxygens (including phenoxy) is 1. The molecule has 0 unspecified atom stereocenters. The van der Waals surface area contributed by atoms with Gasteiger partial charge in [0.25, 0.3) is 0 Å². The van der Waals surface area contributed by atoms with E-state index in [4.69, 9.17) is 14.7 Å². The topological polar surface area (TPSA) is 39.9 Å². The third kappa shape index (κ3) is 5.27. The Morgan fingerprint density at radius 1 is 0.688 bits per heavy atom. The summed E-state index contributed by atoms with van der Waals surface area (Å²) in [5, 5.41) is 2.27. The number of nitrogens with zero attached hydrogens (tertiary/aromatic N) is 3. The van der Waals surface area contributed by atoms with Gasteiger partial charge in [0.05, 0.1) is 0 Å². The molecule has 0 amide bonds. The summed E-state index contributed by atoms with van der Waals surface area (Å²) in [7, 11) is 0. The smallest absolute Gasteiger partial charge is 0.503 e. The van der Waals surface area contributed by atoms with Crippen LogP contribution in [-0.4, -0.2) is 14.5 Å². The molecule has 2 aliphatic carbocycles. The van der Waals surface area contributed by atoms with E-state index in [0.29, 0.717) is 16.9 Å². The molecular weight excluding hydrogens is 770 g/mol. The Hall–Kier alpha value is -4.53. The van der Waals surface area contributed by atoms with E-state index in [1.165, 1.54) is 27.8 Å². The van der Waals surface area contributed by atoms with Gasteiger partial charge in [0.2, 0.25) is 0 Å². The molecule has 5 heteroatoms. The van der Waals surface area contributed by atoms with Crippen LogP contribution in [0, 0.1) is 17.5 Å². The van der Waals surface area contributed by atoms with Gasteiger partial charge in [-0.2, -0.15) is 6.07 Å². The molecule has 0 saturated heterocycles. The molecule has 4 aromatic carbocycles. The van der Waals surface area contributed by atoms with Crippen LogP contribution in [0.3, 0.4) is 0 Å². The van der Waals surface area contributed by atoms with Gasteiger partial charge in [0, 0.05) is 29.4 Å². The molecule has 0 radical (unpaired) electrons. The summed E-state index contributed by atoms with van der Waals surface area (Å²) in [4.78, 5) is 9.70. The number of aromatic nitrogens is 3. The normalized spacial score (nSPS) is 14.6. The number of fused-ring (bicyclic) bond motifs is 5. The first-order valence-corrected chi connectivity index (χ1v) is 16.5. The fraction of sp³-hybridized carbons (Fsp3) is 0.209. The zero-order valence-electron chi connectivity index (χ0n) is 27.3. The second-order valence-electron chi connectivity index (χ2n) is 14.4. The molecule has 0 saturated carbocycles. The van der Waals surface area contributed by atoms with Crippen molar-refractivity contribution in [3.63, 3.8) is 0 Å². The maximum Gasteiger partial charge on any atom is 2.00 e. The summed E-state index contributed by atoms with van der Waals surface area (Å²) in [6.45, 7) is 6.68. The average molecular weight is 805 g/mol. The van der Waals surface area contributed by atoms with Crippen LogP contribution in [0.2, 0.25) is 0 Å². The SMILES string of the molecule is CC(C)(C)c1ccnc(-n2c3[c-]c(Oc4[c-]c(-c5cc6c(cn5)CC5(Cc7ccccc7C5)C6)ccc4)ccc3c3ccccc32)c1.[Pt+2]. The largest absolute Gasteiger partial charge is 2.00 e. The van der Waals surface area contributed by atoms with Gasteiger partial charge in [-0.3, -0.25) is 0 Å². The Bertz CT molecular complexity index is 2320. The van der Waals surface area contributed by atoms with Gasteiger partial charge in [-0.1, -0.05) is 80.9 Å². The first-order chi connectivity index (χ1) is 22.8. The van der Waals surface area contributed by atoms with Crippen LogP contribution in [0.25, 0.3) is 38.9 Å². The number of para-hydroxylation sites is 1. The second-order valence-corrected chi connectivity index (χ2v) is 14.4. The Morgan fingerprint density at radius 2 is 1.42 bits per heavy atom. The molecule has 0 bridgehead atoms. The number of pyridine rings is 2. The fourth-order valence-electron chi connectivity index (χ4n) is 7.84. The van der Waals surface area contributed by atoms with Gasteiger partial charge in [0.15, 0.2) is 0 Å². The molecule has 1 spiro atoms. The third-order valence-corrected chi connectivity index (χ3v) is 10.1. The summed E-state index contributed by atoms with van der Waals surface area (Å²) >= 11 is 0. The van der Waals surface area contributed by atoms with E-state index < -0.39 is 0 Å². The molecule has 0 N–H and O–H groups in total. The molecule has 3 heterocycles. The van der Waals surface area contributed by atoms with Gasteiger partial charge in [-0.15, -0.1) is 41.3 Å². The molecule has 3 aromatic heterocycles. The van der Waals surface area contributed by atoms with Gasteiger partial charge in [0.1, 0.15) is 5.82 Å². The Kier molecular flexibility index (Phi) is 7.42. The van der Waals surface area contributed by atoms with Gasteiger partial charge in [-0.05, 0) is 93.6 Å². The minimum Gasteiger partial charge on any atom is -0.503 e. The maximum atomic E-state index is 6.45. The van der Waals surface area contributed by atoms with Crippen molar-refractivity contribution in [3.8, 4) is 28.6 Å². The van der Waals surface area contributed by atoms with Crippen molar-refractivity contribution in [1.82, 2.24) is 14.5 Å². The van der Waals surface area contributed by atoms with E-state index in [1.54, 1.807) is 0 Å². The monoisotopic (exact) mass is 804 g/mol. The Labute approximate surface area is 296 Å². The molecule has 4 nitrogen and oxygen atoms in total. The standard InChI is InChI=1S/C43H35N3O.Pt/c1-42(2,3)33-17-18-44-41(21-33)46-39-14-7-6-13-36(39)37-16-15-35(22-40(37)46)47-34-12-8-11-28(19-34)38-20-31-25-43(26-32(31)27-45-38)23-29-9-4-5-10-30(29)24-43;/h4-18,20-21,27H,23-26H2,1-3H3;/q-2;+2. The fourth-order valence-corrected chi connectivity index (χ4v) is 7.84. The van der Waals surface area contributed by atoms with Crippen LogP contribution in [0.1, 0.15) is 48.6 Å². The van der Waals surface area contributed by atoms with Crippen molar-refractivity contribution in [1.29, 1.82) is 0 Å². The summed E-state index contributed by atoms with van der Waals surface area (Å²) in [6.07, 6.45) is 8.49. The van der Waals surface area contributed by atoms with E-state index in [2.05, 4.69) is 123 Å². The molecule has 9 rings (SSSR count). The molecule has 238 valence electrons. The van der Waals surface area contributed by atoms with E-state index in [-0.39, 0.29) is 26.5 Å². The molecule has 0 fully saturated rings. The predicted octanol–water partition coefficient (Wildman–Crippen LogP) is 9.81. The number of rotatable bonds is 4. The summed E-state index contributed by atoms with van der Waals surface area (Å²) < 4.78 is 8.64. The Morgan fingerprint density at radius 3 is 2.23 bits per heavy atom. The van der Waals surface area contributed by atoms with E-state index in [9.17, 15) is 0 Å². The Balaban J connectivity index is 0.00000336. The van der Waals surface area contributed by atoms with Crippen molar-refractivity contribution in [2.45, 2.75) is 51.9 Å². The van der Waals surface area contributed by atoms with Gasteiger partial charge < -0.3 is 14.3 Å². The summed E-state index contributed by atoms with van der Waals surface area (Å²) in [5.41, 5.74) is 11.2. The molecule has 48 heavy (non-hydrogen) atoms. The minimum absolute atomic E-state index is 0. The van der Waals surface area contributed by atoms with Crippen LogP contribution in [0.5, 0.6) is 11.5 Å². The van der Waals surface area contributed by atoms with Crippen molar-refractivity contribution < 1.29 is 25.8 Å². The van der Waals surface area contributed by atoms with Crippen molar-refractivity contribution in [2.75, 3.05) is 0 Å². The molecule has 2 aliphatic rings. The molecular formula is C43H35N3OPt. The van der Waals surface area contributed by atoms with Crippen molar-refractivity contribution in [2.24, 2.45) is 5.41 Å². The van der Waals surface area contributed by atoms with E-state index in [0.717, 1.165) is 64.6 Å². The zero-order valence-corrected chi connectivity index (χ0v) is 29.6. The molecule has 0 aliphatic heterocycles. The van der Waals surface area contributed by atoms with Crippen molar-refractivity contribution >= 4 is 21.8 Å². The average Bonchev–Trinajstić information content (AvgIpc) is 3.73. The van der Waals surface area contributed by atoms with Crippen LogP contribution >= 0.6 is 0 Å². The first-order valence-electron chi connectivity index (χ1n) is 16.5. The minimum atomic E-state index is 0. The van der Waals surface area contributed by atoms with Crippen LogP contribution < -0.4 is 4.74 Å².